The average Bonchev–Trinajstić information content (AvgIpc) is 3.32. The maximum Gasteiger partial charge on any atom is 0.254 e. The number of ether oxygens (including phenoxy) is 2. The lowest BCUT2D eigenvalue weighted by atomic mass is 9.55. The molecule has 2 amide bonds. The van der Waals surface area contributed by atoms with Crippen molar-refractivity contribution in [3.63, 3.8) is 0 Å². The topological polar surface area (TPSA) is 68.2 Å². The first kappa shape index (κ1) is 28.0. The second-order valence-corrected chi connectivity index (χ2v) is 12.8. The summed E-state index contributed by atoms with van der Waals surface area (Å²) in [4.78, 5) is 27.9. The molecule has 1 aliphatic heterocycles. The lowest BCUT2D eigenvalue weighted by molar-refractivity contribution is -0.139. The van der Waals surface area contributed by atoms with Crippen LogP contribution in [0.4, 0.5) is 0 Å². The van der Waals surface area contributed by atoms with Crippen LogP contribution < -0.4 is 9.47 Å². The highest BCUT2D eigenvalue weighted by molar-refractivity contribution is 14.1. The van der Waals surface area contributed by atoms with Gasteiger partial charge in [0.05, 0.1) is 28.2 Å². The molecular weight excluding hydrogens is 675 g/mol. The highest BCUT2D eigenvalue weighted by atomic mass is 127. The van der Waals surface area contributed by atoms with Gasteiger partial charge in [-0.2, -0.15) is 10.1 Å². The molecule has 0 N–H and O–H groups in total. The van der Waals surface area contributed by atoms with Gasteiger partial charge in [0.15, 0.2) is 11.5 Å². The van der Waals surface area contributed by atoms with Crippen LogP contribution in [0.5, 0.6) is 11.5 Å². The molecule has 2 bridgehead atoms. The molecule has 1 fully saturated rings. The van der Waals surface area contributed by atoms with Gasteiger partial charge in [0, 0.05) is 11.8 Å². The number of imide groups is 1. The molecule has 0 saturated carbocycles. The van der Waals surface area contributed by atoms with Gasteiger partial charge in [-0.15, -0.1) is 0 Å². The number of rotatable bonds is 7. The molecule has 3 aliphatic carbocycles. The van der Waals surface area contributed by atoms with Crippen molar-refractivity contribution in [1.82, 2.24) is 5.01 Å². The van der Waals surface area contributed by atoms with Crippen LogP contribution in [-0.2, 0) is 16.2 Å². The molecule has 0 spiro atoms. The quantitative estimate of drug-likeness (QED) is 0.0993. The summed E-state index contributed by atoms with van der Waals surface area (Å²) < 4.78 is 13.2. The Bertz CT molecular complexity index is 1920. The van der Waals surface area contributed by atoms with E-state index < -0.39 is 11.8 Å². The van der Waals surface area contributed by atoms with E-state index in [1.807, 2.05) is 61.5 Å². The second kappa shape index (κ2) is 11.1. The molecule has 6 nitrogen and oxygen atoms in total. The summed E-state index contributed by atoms with van der Waals surface area (Å²) in [5, 5.41) is 7.93. The fraction of sp³-hybridized carbons (Fsp3) is 0.184. The Morgan fingerprint density at radius 1 is 0.756 bits per heavy atom. The van der Waals surface area contributed by atoms with Gasteiger partial charge in [-0.25, -0.2) is 0 Å². The zero-order valence-corrected chi connectivity index (χ0v) is 26.7. The van der Waals surface area contributed by atoms with Crippen LogP contribution in [-0.4, -0.2) is 29.6 Å². The highest BCUT2D eigenvalue weighted by Crippen LogP contribution is 2.61. The highest BCUT2D eigenvalue weighted by Gasteiger charge is 2.61. The van der Waals surface area contributed by atoms with E-state index in [1.165, 1.54) is 0 Å². The van der Waals surface area contributed by atoms with Gasteiger partial charge in [-0.1, -0.05) is 91.0 Å². The minimum atomic E-state index is -0.464. The van der Waals surface area contributed by atoms with Gasteiger partial charge in [0.25, 0.3) is 11.8 Å². The minimum Gasteiger partial charge on any atom is -0.490 e. The van der Waals surface area contributed by atoms with Gasteiger partial charge in [-0.3, -0.25) is 9.59 Å². The van der Waals surface area contributed by atoms with Crippen LogP contribution in [0.15, 0.2) is 108 Å². The molecule has 5 aromatic rings. The maximum absolute atomic E-state index is 13.9. The number of carbonyl (C=O) groups excluding carboxylic acids is 2. The molecule has 0 unspecified atom stereocenters. The van der Waals surface area contributed by atoms with Gasteiger partial charge in [-0.05, 0) is 85.8 Å². The van der Waals surface area contributed by atoms with E-state index in [4.69, 9.17) is 9.47 Å². The molecule has 7 heteroatoms. The number of carbonyl (C=O) groups is 2. The molecule has 0 radical (unpaired) electrons. The monoisotopic (exact) mass is 704 g/mol. The number of nitrogens with zero attached hydrogens (tertiary/aromatic N) is 2. The van der Waals surface area contributed by atoms with Crippen LogP contribution in [0.2, 0.25) is 0 Å². The van der Waals surface area contributed by atoms with Gasteiger partial charge in [0.2, 0.25) is 0 Å². The van der Waals surface area contributed by atoms with Crippen molar-refractivity contribution in [1.29, 1.82) is 0 Å². The Morgan fingerprint density at radius 3 is 1.96 bits per heavy atom. The van der Waals surface area contributed by atoms with E-state index in [2.05, 4.69) is 76.2 Å². The van der Waals surface area contributed by atoms with E-state index in [-0.39, 0.29) is 23.7 Å². The summed E-state index contributed by atoms with van der Waals surface area (Å²) >= 11 is 2.24. The summed E-state index contributed by atoms with van der Waals surface area (Å²) in [6, 6.07) is 34.7. The largest absolute Gasteiger partial charge is 0.490 e. The Kier molecular flexibility index (Phi) is 6.93. The molecule has 0 aromatic heterocycles. The predicted octanol–water partition coefficient (Wildman–Crippen LogP) is 7.65. The van der Waals surface area contributed by atoms with Crippen molar-refractivity contribution in [2.45, 2.75) is 25.4 Å². The fourth-order valence-electron chi connectivity index (χ4n) is 7.53. The maximum atomic E-state index is 13.9. The van der Waals surface area contributed by atoms with E-state index in [1.54, 1.807) is 6.21 Å². The number of benzene rings is 5. The van der Waals surface area contributed by atoms with Crippen molar-refractivity contribution in [2.75, 3.05) is 6.61 Å². The third-order valence-electron chi connectivity index (χ3n) is 9.33. The third-order valence-corrected chi connectivity index (χ3v) is 10.1. The zero-order chi connectivity index (χ0) is 30.7. The normalized spacial score (nSPS) is 21.2. The first-order chi connectivity index (χ1) is 22.0. The van der Waals surface area contributed by atoms with Crippen molar-refractivity contribution in [2.24, 2.45) is 16.9 Å². The Hall–Kier alpha value is -4.50. The zero-order valence-electron chi connectivity index (χ0n) is 24.5. The molecule has 222 valence electrons. The summed E-state index contributed by atoms with van der Waals surface area (Å²) in [7, 11) is 0. The second-order valence-electron chi connectivity index (χ2n) is 11.7. The Morgan fingerprint density at radius 2 is 1.33 bits per heavy atom. The molecule has 9 rings (SSSR count). The summed E-state index contributed by atoms with van der Waals surface area (Å²) in [6.07, 6.45) is 1.58. The number of hydrazone groups is 1. The van der Waals surface area contributed by atoms with Gasteiger partial charge in [0.1, 0.15) is 6.61 Å². The number of amides is 2. The smallest absolute Gasteiger partial charge is 0.254 e. The lowest BCUT2D eigenvalue weighted by Crippen LogP contribution is -2.41. The number of fused-ring (bicyclic) bond motifs is 1. The third kappa shape index (κ3) is 4.47. The van der Waals surface area contributed by atoms with Crippen LogP contribution >= 0.6 is 22.6 Å². The molecule has 5 aromatic carbocycles. The molecule has 4 aliphatic rings. The number of hydrogen-bond acceptors (Lipinski definition) is 5. The van der Waals surface area contributed by atoms with Crippen molar-refractivity contribution >= 4 is 51.4 Å². The molecule has 2 atom stereocenters. The molecular formula is C38H29IN2O4. The van der Waals surface area contributed by atoms with Crippen molar-refractivity contribution < 1.29 is 19.1 Å². The fourth-order valence-corrected chi connectivity index (χ4v) is 8.31. The molecule has 45 heavy (non-hydrogen) atoms. The first-order valence-corrected chi connectivity index (χ1v) is 16.3. The van der Waals surface area contributed by atoms with Gasteiger partial charge < -0.3 is 9.47 Å². The first-order valence-electron chi connectivity index (χ1n) is 15.2. The van der Waals surface area contributed by atoms with E-state index in [9.17, 15) is 9.59 Å². The summed E-state index contributed by atoms with van der Waals surface area (Å²) in [6.45, 7) is 2.77. The molecule has 1 heterocycles. The number of halogens is 1. The van der Waals surface area contributed by atoms with E-state index >= 15 is 0 Å². The Labute approximate surface area is 274 Å². The summed E-state index contributed by atoms with van der Waals surface area (Å²) in [5.74, 6) is -0.496. The van der Waals surface area contributed by atoms with Crippen molar-refractivity contribution in [3.8, 4) is 11.5 Å². The standard InChI is InChI=1S/C38H29IN2O4/c1-2-44-31-19-22(18-30(39)36(31)45-21-24-12-9-11-23-10-3-4-13-25(23)24)20-40-41-37(42)34-32-26-14-5-6-15-27(26)33(35(34)38(41)43)29-17-8-7-16-28(29)32/h3-20,32-35H,2,21H2,1H3/b40-20-/t32?,33?,34-,35-/m1/s1. The average molecular weight is 705 g/mol. The van der Waals surface area contributed by atoms with Gasteiger partial charge >= 0.3 is 0 Å². The minimum absolute atomic E-state index is 0.160. The van der Waals surface area contributed by atoms with Crippen LogP contribution in [0.3, 0.4) is 0 Å². The van der Waals surface area contributed by atoms with Crippen LogP contribution in [0.1, 0.15) is 52.1 Å². The van der Waals surface area contributed by atoms with E-state index in [0.717, 1.165) is 47.2 Å². The predicted molar refractivity (Wildman–Crippen MR) is 182 cm³/mol. The lowest BCUT2D eigenvalue weighted by Gasteiger charge is -2.45. The van der Waals surface area contributed by atoms with Crippen LogP contribution in [0, 0.1) is 15.4 Å². The van der Waals surface area contributed by atoms with E-state index in [0.29, 0.717) is 30.3 Å². The van der Waals surface area contributed by atoms with Crippen LogP contribution in [0.25, 0.3) is 10.8 Å². The Balaban J connectivity index is 1.08. The SMILES string of the molecule is CCOc1cc(/C=N\N2C(=O)[C@@H]3C4c5ccccc5C(c5ccccc54)[C@H]3C2=O)cc(I)c1OCc1cccc2ccccc12. The number of hydrogen-bond donors (Lipinski definition) is 0. The molecule has 1 saturated heterocycles. The van der Waals surface area contributed by atoms with Crippen molar-refractivity contribution in [3.05, 3.63) is 140 Å². The summed E-state index contributed by atoms with van der Waals surface area (Å²) in [5.41, 5.74) is 6.37.